The standard InChI is InChI=1S/C18H28N2O/c1-7-13(4)14-10-17(20(5)6)15(11-16(14)19)18(8-2,9-3)12-21/h10-12H,4,7-9,19H2,1-3,5-6H3. The van der Waals surface area contributed by atoms with Crippen LogP contribution in [-0.2, 0) is 10.2 Å². The average Bonchev–Trinajstić information content (AvgIpc) is 2.48. The van der Waals surface area contributed by atoms with Gasteiger partial charge in [-0.25, -0.2) is 0 Å². The fraction of sp³-hybridized carbons (Fsp3) is 0.500. The molecule has 3 heteroatoms. The quantitative estimate of drug-likeness (QED) is 0.609. The van der Waals surface area contributed by atoms with Gasteiger partial charge in [-0.3, -0.25) is 0 Å². The summed E-state index contributed by atoms with van der Waals surface area (Å²) in [7, 11) is 3.99. The molecule has 0 aliphatic carbocycles. The normalized spacial score (nSPS) is 11.3. The van der Waals surface area contributed by atoms with Gasteiger partial charge in [0, 0.05) is 31.0 Å². The highest BCUT2D eigenvalue weighted by molar-refractivity contribution is 5.82. The van der Waals surface area contributed by atoms with Crippen molar-refractivity contribution < 1.29 is 4.79 Å². The Kier molecular flexibility index (Phi) is 5.59. The molecule has 0 saturated carbocycles. The molecule has 0 saturated heterocycles. The second-order valence-corrected chi connectivity index (χ2v) is 5.79. The van der Waals surface area contributed by atoms with Gasteiger partial charge in [-0.15, -0.1) is 0 Å². The molecule has 0 aliphatic rings. The zero-order valence-electron chi connectivity index (χ0n) is 14.0. The molecule has 0 fully saturated rings. The zero-order chi connectivity index (χ0) is 16.2. The summed E-state index contributed by atoms with van der Waals surface area (Å²) >= 11 is 0. The van der Waals surface area contributed by atoms with Crippen LogP contribution in [-0.4, -0.2) is 20.4 Å². The third-order valence-corrected chi connectivity index (χ3v) is 4.48. The van der Waals surface area contributed by atoms with E-state index in [-0.39, 0.29) is 0 Å². The first kappa shape index (κ1) is 17.3. The number of hydrogen-bond donors (Lipinski definition) is 1. The monoisotopic (exact) mass is 288 g/mol. The summed E-state index contributed by atoms with van der Waals surface area (Å²) in [6, 6.07) is 4.03. The lowest BCUT2D eigenvalue weighted by molar-refractivity contribution is -0.112. The van der Waals surface area contributed by atoms with Gasteiger partial charge in [0.05, 0.1) is 5.41 Å². The van der Waals surface area contributed by atoms with Gasteiger partial charge >= 0.3 is 0 Å². The summed E-state index contributed by atoms with van der Waals surface area (Å²) in [5.74, 6) is 0. The number of aldehydes is 1. The van der Waals surface area contributed by atoms with Crippen molar-refractivity contribution in [1.29, 1.82) is 0 Å². The van der Waals surface area contributed by atoms with E-state index in [1.54, 1.807) is 0 Å². The highest BCUT2D eigenvalue weighted by Crippen LogP contribution is 2.40. The van der Waals surface area contributed by atoms with Gasteiger partial charge in [0.2, 0.25) is 0 Å². The number of hydrogen-bond acceptors (Lipinski definition) is 3. The molecule has 0 bridgehead atoms. The number of nitrogen functional groups attached to an aromatic ring is 1. The highest BCUT2D eigenvalue weighted by atomic mass is 16.1. The molecule has 1 rings (SSSR count). The largest absolute Gasteiger partial charge is 0.398 e. The van der Waals surface area contributed by atoms with E-state index < -0.39 is 5.41 Å². The molecule has 21 heavy (non-hydrogen) atoms. The van der Waals surface area contributed by atoms with Crippen molar-refractivity contribution in [3.8, 4) is 0 Å². The molecule has 0 radical (unpaired) electrons. The topological polar surface area (TPSA) is 46.3 Å². The number of rotatable bonds is 7. The van der Waals surface area contributed by atoms with Gasteiger partial charge < -0.3 is 15.4 Å². The number of carbonyl (C=O) groups is 1. The summed E-state index contributed by atoms with van der Waals surface area (Å²) in [5, 5.41) is 0. The van der Waals surface area contributed by atoms with Crippen LogP contribution < -0.4 is 10.6 Å². The number of nitrogens with zero attached hydrogens (tertiary/aromatic N) is 1. The minimum absolute atomic E-state index is 0.472. The van der Waals surface area contributed by atoms with Gasteiger partial charge in [0.1, 0.15) is 6.29 Å². The minimum Gasteiger partial charge on any atom is -0.398 e. The smallest absolute Gasteiger partial charge is 0.130 e. The molecule has 0 heterocycles. The second kappa shape index (κ2) is 6.79. The summed E-state index contributed by atoms with van der Waals surface area (Å²) in [4.78, 5) is 13.8. The fourth-order valence-electron chi connectivity index (χ4n) is 2.73. The predicted molar refractivity (Wildman–Crippen MR) is 92.8 cm³/mol. The molecule has 0 aromatic heterocycles. The Hall–Kier alpha value is -1.77. The first-order valence-electron chi connectivity index (χ1n) is 7.62. The van der Waals surface area contributed by atoms with Crippen LogP contribution in [0.15, 0.2) is 18.7 Å². The molecule has 0 atom stereocenters. The van der Waals surface area contributed by atoms with Gasteiger partial charge in [-0.1, -0.05) is 27.4 Å². The van der Waals surface area contributed by atoms with Gasteiger partial charge in [-0.05, 0) is 42.5 Å². The molecule has 0 spiro atoms. The Labute approximate surface area is 128 Å². The SMILES string of the molecule is C=C(CC)c1cc(N(C)C)c(C(C=O)(CC)CC)cc1N. The molecule has 116 valence electrons. The predicted octanol–water partition coefficient (Wildman–Crippen LogP) is 4.01. The number of nitrogens with two attached hydrogens (primary N) is 1. The van der Waals surface area contributed by atoms with E-state index >= 15 is 0 Å². The molecule has 0 unspecified atom stereocenters. The van der Waals surface area contributed by atoms with Crippen molar-refractivity contribution in [2.45, 2.75) is 45.4 Å². The van der Waals surface area contributed by atoms with E-state index in [1.807, 2.05) is 38.9 Å². The maximum atomic E-state index is 11.8. The Morgan fingerprint density at radius 3 is 2.24 bits per heavy atom. The number of carbonyl (C=O) groups excluding carboxylic acids is 1. The van der Waals surface area contributed by atoms with E-state index in [1.165, 1.54) is 0 Å². The van der Waals surface area contributed by atoms with E-state index in [0.717, 1.165) is 47.9 Å². The fourth-order valence-corrected chi connectivity index (χ4v) is 2.73. The first-order chi connectivity index (χ1) is 9.86. The number of anilines is 2. The van der Waals surface area contributed by atoms with Crippen molar-refractivity contribution in [2.75, 3.05) is 24.7 Å². The van der Waals surface area contributed by atoms with Crippen molar-refractivity contribution in [1.82, 2.24) is 0 Å². The van der Waals surface area contributed by atoms with Crippen molar-refractivity contribution in [3.05, 3.63) is 29.8 Å². The number of allylic oxidation sites excluding steroid dienone is 1. The van der Waals surface area contributed by atoms with Gasteiger partial charge in [-0.2, -0.15) is 0 Å². The van der Waals surface area contributed by atoms with Gasteiger partial charge in [0.25, 0.3) is 0 Å². The lowest BCUT2D eigenvalue weighted by atomic mass is 9.75. The van der Waals surface area contributed by atoms with Crippen LogP contribution in [0.25, 0.3) is 5.57 Å². The van der Waals surface area contributed by atoms with Crippen LogP contribution in [0.3, 0.4) is 0 Å². The summed E-state index contributed by atoms with van der Waals surface area (Å²) in [5.41, 5.74) is 10.5. The average molecular weight is 288 g/mol. The number of benzene rings is 1. The molecular weight excluding hydrogens is 260 g/mol. The van der Waals surface area contributed by atoms with Crippen LogP contribution in [0.5, 0.6) is 0 Å². The maximum absolute atomic E-state index is 11.8. The third kappa shape index (κ3) is 3.12. The Balaban J connectivity index is 3.63. The van der Waals surface area contributed by atoms with E-state index in [9.17, 15) is 4.79 Å². The van der Waals surface area contributed by atoms with Crippen molar-refractivity contribution >= 4 is 23.2 Å². The zero-order valence-corrected chi connectivity index (χ0v) is 14.0. The third-order valence-electron chi connectivity index (χ3n) is 4.48. The molecule has 3 nitrogen and oxygen atoms in total. The summed E-state index contributed by atoms with van der Waals surface area (Å²) < 4.78 is 0. The Morgan fingerprint density at radius 1 is 1.29 bits per heavy atom. The van der Waals surface area contributed by atoms with Crippen LogP contribution in [0.2, 0.25) is 0 Å². The summed E-state index contributed by atoms with van der Waals surface area (Å²) in [6.07, 6.45) is 3.46. The molecule has 1 aromatic carbocycles. The highest BCUT2D eigenvalue weighted by Gasteiger charge is 2.31. The molecule has 2 N–H and O–H groups in total. The van der Waals surface area contributed by atoms with Crippen LogP contribution in [0, 0.1) is 0 Å². The molecular formula is C18H28N2O. The van der Waals surface area contributed by atoms with Gasteiger partial charge in [0.15, 0.2) is 0 Å². The lowest BCUT2D eigenvalue weighted by Crippen LogP contribution is -2.29. The van der Waals surface area contributed by atoms with Crippen LogP contribution in [0.1, 0.15) is 51.2 Å². The first-order valence-corrected chi connectivity index (χ1v) is 7.62. The molecule has 0 amide bonds. The van der Waals surface area contributed by atoms with Crippen LogP contribution in [0.4, 0.5) is 11.4 Å². The van der Waals surface area contributed by atoms with E-state index in [4.69, 9.17) is 5.73 Å². The maximum Gasteiger partial charge on any atom is 0.130 e. The lowest BCUT2D eigenvalue weighted by Gasteiger charge is -2.31. The molecule has 0 aliphatic heterocycles. The summed E-state index contributed by atoms with van der Waals surface area (Å²) in [6.45, 7) is 10.3. The van der Waals surface area contributed by atoms with E-state index in [2.05, 4.69) is 19.6 Å². The Morgan fingerprint density at radius 2 is 1.86 bits per heavy atom. The Bertz CT molecular complexity index is 528. The van der Waals surface area contributed by atoms with Crippen LogP contribution >= 0.6 is 0 Å². The van der Waals surface area contributed by atoms with E-state index in [0.29, 0.717) is 5.69 Å². The van der Waals surface area contributed by atoms with Crippen molar-refractivity contribution in [3.63, 3.8) is 0 Å². The minimum atomic E-state index is -0.472. The second-order valence-electron chi connectivity index (χ2n) is 5.79. The molecule has 1 aromatic rings. The van der Waals surface area contributed by atoms with Crippen molar-refractivity contribution in [2.24, 2.45) is 0 Å².